The summed E-state index contributed by atoms with van der Waals surface area (Å²) in [6, 6.07) is 9.99. The summed E-state index contributed by atoms with van der Waals surface area (Å²) in [4.78, 5) is 8.75. The van der Waals surface area contributed by atoms with E-state index in [2.05, 4.69) is 40.7 Å². The van der Waals surface area contributed by atoms with Crippen LogP contribution in [-0.4, -0.2) is 50.0 Å². The van der Waals surface area contributed by atoms with Gasteiger partial charge in [0.25, 0.3) is 0 Å². The van der Waals surface area contributed by atoms with Crippen LogP contribution in [0.25, 0.3) is 0 Å². The Bertz CT molecular complexity index is 777. The molecule has 1 aliphatic heterocycles. The molecule has 0 bridgehead atoms. The van der Waals surface area contributed by atoms with Gasteiger partial charge in [-0.2, -0.15) is 0 Å². The third-order valence-corrected chi connectivity index (χ3v) is 4.45. The molecule has 0 spiro atoms. The van der Waals surface area contributed by atoms with E-state index in [4.69, 9.17) is 19.2 Å². The summed E-state index contributed by atoms with van der Waals surface area (Å²) in [7, 11) is 0. The van der Waals surface area contributed by atoms with Crippen molar-refractivity contribution >= 4 is 5.96 Å². The zero-order valence-electron chi connectivity index (χ0n) is 17.2. The van der Waals surface area contributed by atoms with Gasteiger partial charge in [0.05, 0.1) is 32.5 Å². The maximum absolute atomic E-state index is 6.17. The molecule has 0 saturated carbocycles. The molecule has 1 atom stereocenters. The molecule has 1 aromatic carbocycles. The van der Waals surface area contributed by atoms with Crippen LogP contribution in [0.15, 0.2) is 47.7 Å². The van der Waals surface area contributed by atoms with Gasteiger partial charge in [-0.25, -0.2) is 4.99 Å². The second kappa shape index (κ2) is 11.3. The maximum atomic E-state index is 6.17. The number of pyridine rings is 1. The average molecular weight is 399 g/mol. The van der Waals surface area contributed by atoms with E-state index in [1.807, 2.05) is 19.1 Å². The zero-order valence-corrected chi connectivity index (χ0v) is 17.2. The Labute approximate surface area is 172 Å². The normalized spacial score (nSPS) is 16.5. The third kappa shape index (κ3) is 6.94. The summed E-state index contributed by atoms with van der Waals surface area (Å²) >= 11 is 0. The molecule has 2 aromatic rings. The highest BCUT2D eigenvalue weighted by molar-refractivity contribution is 5.79. The lowest BCUT2D eigenvalue weighted by atomic mass is 10.1. The van der Waals surface area contributed by atoms with Crippen LogP contribution in [0.1, 0.15) is 24.5 Å². The van der Waals surface area contributed by atoms with E-state index in [0.717, 1.165) is 42.6 Å². The van der Waals surface area contributed by atoms with Crippen molar-refractivity contribution < 1.29 is 14.2 Å². The molecule has 1 aromatic heterocycles. The SMILES string of the molecule is CCNC(=NCc1ccc(C)cc1OC1CCOC1)NCCOc1cccnc1. The van der Waals surface area contributed by atoms with Gasteiger partial charge in [0.1, 0.15) is 24.2 Å². The van der Waals surface area contributed by atoms with E-state index in [-0.39, 0.29) is 6.10 Å². The fourth-order valence-electron chi connectivity index (χ4n) is 2.96. The molecule has 2 heterocycles. The van der Waals surface area contributed by atoms with E-state index in [1.165, 1.54) is 5.56 Å². The quantitative estimate of drug-likeness (QED) is 0.384. The van der Waals surface area contributed by atoms with Crippen LogP contribution in [0.4, 0.5) is 0 Å². The van der Waals surface area contributed by atoms with Crippen molar-refractivity contribution in [3.8, 4) is 11.5 Å². The van der Waals surface area contributed by atoms with E-state index in [1.54, 1.807) is 12.4 Å². The van der Waals surface area contributed by atoms with Gasteiger partial charge in [-0.1, -0.05) is 12.1 Å². The smallest absolute Gasteiger partial charge is 0.191 e. The molecule has 7 heteroatoms. The zero-order chi connectivity index (χ0) is 20.3. The minimum Gasteiger partial charge on any atom is -0.490 e. The summed E-state index contributed by atoms with van der Waals surface area (Å²) in [5.41, 5.74) is 2.23. The van der Waals surface area contributed by atoms with Gasteiger partial charge in [0.2, 0.25) is 0 Å². The number of aryl methyl sites for hydroxylation is 1. The molecule has 0 radical (unpaired) electrons. The van der Waals surface area contributed by atoms with Crippen LogP contribution in [0, 0.1) is 6.92 Å². The first-order valence-electron chi connectivity index (χ1n) is 10.1. The Balaban J connectivity index is 1.56. The average Bonchev–Trinajstić information content (AvgIpc) is 3.24. The summed E-state index contributed by atoms with van der Waals surface area (Å²) in [6.07, 6.45) is 4.48. The highest BCUT2D eigenvalue weighted by atomic mass is 16.5. The molecule has 1 saturated heterocycles. The highest BCUT2D eigenvalue weighted by Gasteiger charge is 2.18. The number of nitrogens with zero attached hydrogens (tertiary/aromatic N) is 2. The predicted molar refractivity (Wildman–Crippen MR) is 114 cm³/mol. The Morgan fingerprint density at radius 2 is 2.24 bits per heavy atom. The van der Waals surface area contributed by atoms with Crippen molar-refractivity contribution in [1.82, 2.24) is 15.6 Å². The van der Waals surface area contributed by atoms with E-state index in [0.29, 0.717) is 26.3 Å². The van der Waals surface area contributed by atoms with Gasteiger partial charge in [0, 0.05) is 24.7 Å². The van der Waals surface area contributed by atoms with E-state index >= 15 is 0 Å². The fourth-order valence-corrected chi connectivity index (χ4v) is 2.96. The number of hydrogen-bond donors (Lipinski definition) is 2. The van der Waals surface area contributed by atoms with Crippen molar-refractivity contribution in [3.63, 3.8) is 0 Å². The Hall–Kier alpha value is -2.80. The third-order valence-electron chi connectivity index (χ3n) is 4.45. The standard InChI is InChI=1S/C22H30N4O3/c1-3-24-22(25-10-12-28-19-5-4-9-23-15-19)26-14-18-7-6-17(2)13-21(18)29-20-8-11-27-16-20/h4-7,9,13,15,20H,3,8,10-12,14,16H2,1-2H3,(H2,24,25,26). The number of aromatic nitrogens is 1. The van der Waals surface area contributed by atoms with Gasteiger partial charge in [0.15, 0.2) is 5.96 Å². The van der Waals surface area contributed by atoms with Crippen molar-refractivity contribution in [2.75, 3.05) is 32.9 Å². The number of guanidine groups is 1. The topological polar surface area (TPSA) is 77.0 Å². The number of rotatable bonds is 9. The Morgan fingerprint density at radius 1 is 1.31 bits per heavy atom. The van der Waals surface area contributed by atoms with Crippen molar-refractivity contribution in [1.29, 1.82) is 0 Å². The van der Waals surface area contributed by atoms with Crippen LogP contribution >= 0.6 is 0 Å². The summed E-state index contributed by atoms with van der Waals surface area (Å²) < 4.78 is 17.3. The second-order valence-electron chi connectivity index (χ2n) is 6.87. The molecule has 1 aliphatic rings. The summed E-state index contributed by atoms with van der Waals surface area (Å²) in [6.45, 7) is 8.00. The first-order chi connectivity index (χ1) is 14.2. The van der Waals surface area contributed by atoms with Crippen molar-refractivity contribution in [2.24, 2.45) is 4.99 Å². The lowest BCUT2D eigenvalue weighted by Gasteiger charge is -2.16. The van der Waals surface area contributed by atoms with Crippen LogP contribution in [0.2, 0.25) is 0 Å². The molecule has 1 unspecified atom stereocenters. The summed E-state index contributed by atoms with van der Waals surface area (Å²) in [5, 5.41) is 6.56. The molecule has 3 rings (SSSR count). The van der Waals surface area contributed by atoms with Crippen LogP contribution in [-0.2, 0) is 11.3 Å². The first-order valence-corrected chi connectivity index (χ1v) is 10.1. The van der Waals surface area contributed by atoms with E-state index in [9.17, 15) is 0 Å². The van der Waals surface area contributed by atoms with E-state index < -0.39 is 0 Å². The molecular formula is C22H30N4O3. The molecule has 2 N–H and O–H groups in total. The van der Waals surface area contributed by atoms with Gasteiger partial charge in [-0.15, -0.1) is 0 Å². The largest absolute Gasteiger partial charge is 0.490 e. The number of ether oxygens (including phenoxy) is 3. The molecule has 156 valence electrons. The lowest BCUT2D eigenvalue weighted by molar-refractivity contribution is 0.140. The number of hydrogen-bond acceptors (Lipinski definition) is 5. The number of aliphatic imine (C=N–C) groups is 1. The number of nitrogens with one attached hydrogen (secondary N) is 2. The maximum Gasteiger partial charge on any atom is 0.191 e. The minimum absolute atomic E-state index is 0.121. The molecule has 0 amide bonds. The van der Waals surface area contributed by atoms with Crippen LogP contribution in [0.3, 0.4) is 0 Å². The van der Waals surface area contributed by atoms with Gasteiger partial charge in [-0.05, 0) is 37.6 Å². The van der Waals surface area contributed by atoms with Crippen LogP contribution in [0.5, 0.6) is 11.5 Å². The Morgan fingerprint density at radius 3 is 3.00 bits per heavy atom. The van der Waals surface area contributed by atoms with Crippen molar-refractivity contribution in [3.05, 3.63) is 53.9 Å². The Kier molecular flexibility index (Phi) is 8.12. The second-order valence-corrected chi connectivity index (χ2v) is 6.87. The molecule has 1 fully saturated rings. The first kappa shape index (κ1) is 20.9. The molecule has 29 heavy (non-hydrogen) atoms. The monoisotopic (exact) mass is 398 g/mol. The number of benzene rings is 1. The highest BCUT2D eigenvalue weighted by Crippen LogP contribution is 2.24. The minimum atomic E-state index is 0.121. The van der Waals surface area contributed by atoms with Gasteiger partial charge >= 0.3 is 0 Å². The molecular weight excluding hydrogens is 368 g/mol. The predicted octanol–water partition coefficient (Wildman–Crippen LogP) is 2.69. The fraction of sp³-hybridized carbons (Fsp3) is 0.455. The van der Waals surface area contributed by atoms with Gasteiger partial charge in [-0.3, -0.25) is 4.98 Å². The lowest BCUT2D eigenvalue weighted by Crippen LogP contribution is -2.39. The van der Waals surface area contributed by atoms with Crippen molar-refractivity contribution in [2.45, 2.75) is 32.9 Å². The molecule has 0 aliphatic carbocycles. The van der Waals surface area contributed by atoms with Crippen LogP contribution < -0.4 is 20.1 Å². The molecule has 7 nitrogen and oxygen atoms in total. The summed E-state index contributed by atoms with van der Waals surface area (Å²) in [5.74, 6) is 2.39. The van der Waals surface area contributed by atoms with Gasteiger partial charge < -0.3 is 24.8 Å².